The number of amides is 10. The Morgan fingerprint density at radius 1 is 0.380 bits per heavy atom. The molecule has 0 aromatic rings. The summed E-state index contributed by atoms with van der Waals surface area (Å²) in [7, 11) is 0. The van der Waals surface area contributed by atoms with Crippen LogP contribution in [0.2, 0.25) is 0 Å². The van der Waals surface area contributed by atoms with E-state index in [1.165, 1.54) is 18.7 Å². The third-order valence-electron chi connectivity index (χ3n) is 18.1. The van der Waals surface area contributed by atoms with Crippen LogP contribution in [0.5, 0.6) is 0 Å². The summed E-state index contributed by atoms with van der Waals surface area (Å²) in [6.07, 6.45) is -16.0. The molecule has 4 aliphatic heterocycles. The Balaban J connectivity index is 1.52. The molecule has 4 heterocycles. The van der Waals surface area contributed by atoms with Crippen LogP contribution in [0.4, 0.5) is 0 Å². The van der Waals surface area contributed by atoms with E-state index in [0.29, 0.717) is 11.5 Å². The maximum absolute atomic E-state index is 14.5. The average Bonchev–Trinajstić information content (AvgIpc) is 1.64. The molecule has 0 aromatic carbocycles. The van der Waals surface area contributed by atoms with E-state index >= 15 is 0 Å². The van der Waals surface area contributed by atoms with Gasteiger partial charge in [-0.2, -0.15) is 0 Å². The summed E-state index contributed by atoms with van der Waals surface area (Å²) >= 11 is 0. The second-order valence-electron chi connectivity index (χ2n) is 28.5. The molecule has 0 aromatic heterocycles. The normalized spacial score (nSPS) is 23.2. The summed E-state index contributed by atoms with van der Waals surface area (Å²) in [6, 6.07) is -5.18. The van der Waals surface area contributed by atoms with Crippen molar-refractivity contribution in [2.45, 2.75) is 290 Å². The monoisotopic (exact) mass is 1730 g/mol. The van der Waals surface area contributed by atoms with Crippen molar-refractivity contribution in [3.05, 3.63) is 0 Å². The van der Waals surface area contributed by atoms with Crippen molar-refractivity contribution in [1.82, 2.24) is 47.2 Å². The van der Waals surface area contributed by atoms with Gasteiger partial charge < -0.3 is 118 Å². The van der Waals surface area contributed by atoms with E-state index in [2.05, 4.69) is 37.2 Å². The highest BCUT2D eigenvalue weighted by Gasteiger charge is 2.55. The fourth-order valence-electron chi connectivity index (χ4n) is 12.9. The summed E-state index contributed by atoms with van der Waals surface area (Å²) in [6.45, 7) is 10.8. The van der Waals surface area contributed by atoms with E-state index in [-0.39, 0.29) is 149 Å². The Kier molecular flexibility index (Phi) is 45.7. The highest BCUT2D eigenvalue weighted by molar-refractivity contribution is 6.01. The first-order valence-corrected chi connectivity index (χ1v) is 39.7. The first-order chi connectivity index (χ1) is 57.2. The molecule has 15 unspecified atom stereocenters. The van der Waals surface area contributed by atoms with Gasteiger partial charge in [-0.3, -0.25) is 91.1 Å². The lowest BCUT2D eigenvalue weighted by Gasteiger charge is -2.44. The number of hydrogen-bond acceptors (Lipinski definition) is 36. The molecule has 0 saturated carbocycles. The molecule has 0 radical (unpaired) electrons. The van der Waals surface area contributed by atoms with Gasteiger partial charge in [0, 0.05) is 181 Å². The highest BCUT2D eigenvalue weighted by atomic mass is 16.7. The SMILES string of the molecule is CC(=O)NC1C(OCCCCC(=O)NCCN(CCNC(=O)CCCCOC2OC(COC(C)=O)C(OC(C)=O)C(OC(C)=O)C2NC(C)=O)C(=O)CC[C@H](NC(=O)CCCCOC2OC(COC(C)=O)C(OC(C)=O)C(OC(C)=O)C2NC(C)=O)C(=O)NCCCCCC(=O)ON2C(=O)CCC2=O)OC(COC(C)=O)C(OC(C)=O)C1OC(C)=O. The van der Waals surface area contributed by atoms with Crippen LogP contribution < -0.4 is 37.2 Å². The summed E-state index contributed by atoms with van der Waals surface area (Å²) in [5.41, 5.74) is 0. The number of nitrogens with zero attached hydrogens (tertiary/aromatic N) is 2. The van der Waals surface area contributed by atoms with Crippen molar-refractivity contribution in [3.63, 3.8) is 0 Å². The van der Waals surface area contributed by atoms with Crippen LogP contribution in [-0.4, -0.2) is 299 Å². The van der Waals surface area contributed by atoms with E-state index in [1.807, 2.05) is 0 Å². The molecule has 45 nitrogen and oxygen atoms in total. The number of hydroxylamine groups is 2. The number of rotatable bonds is 51. The van der Waals surface area contributed by atoms with Crippen molar-refractivity contribution in [2.24, 2.45) is 0 Å². The van der Waals surface area contributed by atoms with Crippen LogP contribution in [0.15, 0.2) is 0 Å². The molecule has 680 valence electrons. The molecule has 121 heavy (non-hydrogen) atoms. The average molecular weight is 1730 g/mol. The van der Waals surface area contributed by atoms with Gasteiger partial charge >= 0.3 is 59.7 Å². The van der Waals surface area contributed by atoms with Gasteiger partial charge in [-0.15, -0.1) is 5.06 Å². The summed E-state index contributed by atoms with van der Waals surface area (Å²) < 4.78 is 84.5. The van der Waals surface area contributed by atoms with E-state index in [0.717, 1.165) is 69.2 Å². The predicted octanol–water partition coefficient (Wildman–Crippen LogP) is -1.87. The zero-order valence-corrected chi connectivity index (χ0v) is 70.1. The Labute approximate surface area is 697 Å². The molecule has 4 rings (SSSR count). The minimum absolute atomic E-state index is 0.000401. The minimum Gasteiger partial charge on any atom is -0.463 e. The number of esters is 9. The molecule has 0 spiro atoms. The Morgan fingerprint density at radius 2 is 0.711 bits per heavy atom. The standard InChI is InChI=1S/C76H115N9O36/c1-41(86)80-64-70(115-50(10)95)67(112-47(7)92)54(38-109-44(4)89)118-74(64)106-35-19-15-22-57(98)77-31-33-84(34-32-78-58(99)23-16-20-36-107-75-65(81-42(2)87)71(116-51(11)96)68(113-48(8)93)55(119-75)39-110-45(5)90)60(101)27-26-53(73(105)79-30-18-13-14-25-63(104)121-85-61(102)28-29-62(85)103)83-59(100)24-17-21-37-108-76-66(82-43(3)88)72(117-52(12)97)69(114-49(9)94)56(120-76)40-111-46(6)91/h53-56,64-72,74-76H,13-40H2,1-12H3,(H,77,98)(H,78,99)(H,79,105)(H,80,86)(H,81,87)(H,82,88)(H,83,100)/t53-,54?,55?,56?,64?,65?,66?,67?,68?,69?,70?,71?,72?,74?,75?,76?/m0/s1. The van der Waals surface area contributed by atoms with Crippen molar-refractivity contribution >= 4 is 119 Å². The molecular weight excluding hydrogens is 1610 g/mol. The second kappa shape index (κ2) is 53.9. The van der Waals surface area contributed by atoms with Gasteiger partial charge in [0.1, 0.15) is 62.3 Å². The zero-order valence-electron chi connectivity index (χ0n) is 70.1. The fraction of sp³-hybridized carbons (Fsp3) is 0.737. The van der Waals surface area contributed by atoms with E-state index in [9.17, 15) is 95.9 Å². The number of unbranched alkanes of at least 4 members (excludes halogenated alkanes) is 5. The van der Waals surface area contributed by atoms with Gasteiger partial charge in [0.15, 0.2) is 55.5 Å². The zero-order chi connectivity index (χ0) is 90.0. The first kappa shape index (κ1) is 103. The quantitative estimate of drug-likeness (QED) is 0.0152. The van der Waals surface area contributed by atoms with Gasteiger partial charge in [-0.25, -0.2) is 4.79 Å². The Bertz CT molecular complexity index is 3450. The van der Waals surface area contributed by atoms with Crippen molar-refractivity contribution in [3.8, 4) is 0 Å². The number of hydrogen-bond donors (Lipinski definition) is 7. The Morgan fingerprint density at radius 3 is 1.04 bits per heavy atom. The summed E-state index contributed by atoms with van der Waals surface area (Å²) in [4.78, 5) is 259. The van der Waals surface area contributed by atoms with Crippen LogP contribution in [0.1, 0.15) is 192 Å². The molecule has 7 N–H and O–H groups in total. The van der Waals surface area contributed by atoms with Gasteiger partial charge in [0.05, 0.1) is 0 Å². The van der Waals surface area contributed by atoms with Crippen molar-refractivity contribution < 1.29 is 172 Å². The number of ether oxygens (including phenoxy) is 15. The topological polar surface area (TPSA) is 580 Å². The Hall–Kier alpha value is -10.6. The van der Waals surface area contributed by atoms with E-state index in [1.54, 1.807) is 0 Å². The molecule has 10 amide bonds. The molecular formula is C76H115N9O36. The van der Waals surface area contributed by atoms with E-state index < -0.39 is 243 Å². The molecule has 16 atom stereocenters. The lowest BCUT2D eigenvalue weighted by Crippen LogP contribution is -2.66. The molecule has 0 bridgehead atoms. The minimum atomic E-state index is -1.41. The maximum atomic E-state index is 14.5. The van der Waals surface area contributed by atoms with Gasteiger partial charge in [-0.05, 0) is 57.8 Å². The number of nitrogens with one attached hydrogen (secondary N) is 7. The van der Waals surface area contributed by atoms with Gasteiger partial charge in [0.2, 0.25) is 47.3 Å². The molecule has 0 aliphatic carbocycles. The predicted molar refractivity (Wildman–Crippen MR) is 404 cm³/mol. The maximum Gasteiger partial charge on any atom is 0.333 e. The second-order valence-corrected chi connectivity index (χ2v) is 28.5. The lowest BCUT2D eigenvalue weighted by molar-refractivity contribution is -0.277. The van der Waals surface area contributed by atoms with Crippen molar-refractivity contribution in [2.75, 3.05) is 72.4 Å². The number of imide groups is 1. The molecule has 4 fully saturated rings. The third-order valence-corrected chi connectivity index (χ3v) is 18.1. The first-order valence-electron chi connectivity index (χ1n) is 39.7. The van der Waals surface area contributed by atoms with Gasteiger partial charge in [0.25, 0.3) is 11.8 Å². The summed E-state index contributed by atoms with van der Waals surface area (Å²) in [5, 5.41) is 19.1. The third kappa shape index (κ3) is 39.2. The van der Waals surface area contributed by atoms with Crippen LogP contribution in [-0.2, 0) is 172 Å². The van der Waals surface area contributed by atoms with Crippen LogP contribution in [0.3, 0.4) is 0 Å². The van der Waals surface area contributed by atoms with Gasteiger partial charge in [-0.1, -0.05) is 6.42 Å². The fourth-order valence-corrected chi connectivity index (χ4v) is 12.9. The van der Waals surface area contributed by atoms with E-state index in [4.69, 9.17) is 75.9 Å². The number of carbonyl (C=O) groups is 20. The number of carbonyl (C=O) groups excluding carboxylic acids is 20. The molecule has 4 aliphatic rings. The van der Waals surface area contributed by atoms with Crippen LogP contribution in [0, 0.1) is 0 Å². The highest BCUT2D eigenvalue weighted by Crippen LogP contribution is 2.32. The smallest absolute Gasteiger partial charge is 0.333 e. The van der Waals surface area contributed by atoms with Crippen molar-refractivity contribution in [1.29, 1.82) is 0 Å². The lowest BCUT2D eigenvalue weighted by atomic mass is 9.96. The largest absolute Gasteiger partial charge is 0.463 e. The van der Waals surface area contributed by atoms with Crippen LogP contribution >= 0.6 is 0 Å². The summed E-state index contributed by atoms with van der Waals surface area (Å²) in [5.74, 6) is -14.0. The molecule has 45 heteroatoms. The van der Waals surface area contributed by atoms with Crippen LogP contribution in [0.25, 0.3) is 0 Å². The molecule has 4 saturated heterocycles.